The number of aromatic amines is 1. The molecule has 0 amide bonds. The van der Waals surface area contributed by atoms with Gasteiger partial charge >= 0.3 is 0 Å². The number of hydrogen-bond donors (Lipinski definition) is 1. The van der Waals surface area contributed by atoms with Gasteiger partial charge in [-0.2, -0.15) is 0 Å². The molecule has 1 atom stereocenters. The molecular weight excluding hydrogens is 322 g/mol. The van der Waals surface area contributed by atoms with Crippen molar-refractivity contribution in [2.75, 3.05) is 13.1 Å². The van der Waals surface area contributed by atoms with E-state index < -0.39 is 0 Å². The molecule has 1 aromatic heterocycles. The number of nitrogens with one attached hydrogen (secondary N) is 1. The minimum atomic E-state index is 0.0600. The number of aryl methyl sites for hydroxylation is 2. The minimum absolute atomic E-state index is 0.0600. The molecule has 0 bridgehead atoms. The van der Waals surface area contributed by atoms with Gasteiger partial charge < -0.3 is 4.98 Å². The second-order valence-corrected chi connectivity index (χ2v) is 6.99. The molecule has 0 saturated carbocycles. The van der Waals surface area contributed by atoms with Crippen LogP contribution >= 0.6 is 11.6 Å². The smallest absolute Gasteiger partial charge is 0.167 e. The van der Waals surface area contributed by atoms with Crippen molar-refractivity contribution in [2.24, 2.45) is 5.92 Å². The molecule has 128 valence electrons. The molecule has 1 aliphatic heterocycles. The number of aromatic nitrogens is 2. The predicted molar refractivity (Wildman–Crippen MR) is 96.5 cm³/mol. The number of imidazole rings is 1. The van der Waals surface area contributed by atoms with E-state index in [1.54, 1.807) is 12.1 Å². The number of rotatable bonds is 5. The summed E-state index contributed by atoms with van der Waals surface area (Å²) >= 11 is 5.91. The molecule has 1 fully saturated rings. The Morgan fingerprint density at radius 1 is 1.38 bits per heavy atom. The summed E-state index contributed by atoms with van der Waals surface area (Å²) in [6.07, 6.45) is 2.92. The monoisotopic (exact) mass is 345 g/mol. The third-order valence-electron chi connectivity index (χ3n) is 4.75. The van der Waals surface area contributed by atoms with E-state index in [1.807, 2.05) is 12.1 Å². The third-order valence-corrected chi connectivity index (χ3v) is 5.00. The predicted octanol–water partition coefficient (Wildman–Crippen LogP) is 4.03. The van der Waals surface area contributed by atoms with Crippen LogP contribution in [0.3, 0.4) is 0 Å². The zero-order valence-electron chi connectivity index (χ0n) is 14.3. The summed E-state index contributed by atoms with van der Waals surface area (Å²) in [6, 6.07) is 7.23. The molecule has 24 heavy (non-hydrogen) atoms. The zero-order chi connectivity index (χ0) is 17.1. The first-order valence-corrected chi connectivity index (χ1v) is 9.01. The van der Waals surface area contributed by atoms with Gasteiger partial charge in [0.25, 0.3) is 0 Å². The van der Waals surface area contributed by atoms with Gasteiger partial charge in [0.15, 0.2) is 5.78 Å². The van der Waals surface area contributed by atoms with Gasteiger partial charge in [-0.05, 0) is 50.6 Å². The number of halogens is 1. The lowest BCUT2D eigenvalue weighted by atomic mass is 9.90. The van der Waals surface area contributed by atoms with E-state index in [1.165, 1.54) is 0 Å². The number of carbonyl (C=O) groups is 1. The first-order chi connectivity index (χ1) is 11.6. The maximum Gasteiger partial charge on any atom is 0.167 e. The van der Waals surface area contributed by atoms with Crippen LogP contribution in [0.5, 0.6) is 0 Å². The van der Waals surface area contributed by atoms with Crippen molar-refractivity contribution in [3.8, 4) is 0 Å². The largest absolute Gasteiger partial charge is 0.346 e. The first kappa shape index (κ1) is 17.2. The first-order valence-electron chi connectivity index (χ1n) is 8.63. The average Bonchev–Trinajstić information content (AvgIpc) is 2.95. The Hall–Kier alpha value is -1.65. The Balaban J connectivity index is 1.66. The molecular formula is C19H24ClN3O. The number of benzene rings is 1. The van der Waals surface area contributed by atoms with E-state index >= 15 is 0 Å². The molecule has 2 aromatic rings. The zero-order valence-corrected chi connectivity index (χ0v) is 15.1. The Labute approximate surface area is 148 Å². The van der Waals surface area contributed by atoms with Crippen LogP contribution < -0.4 is 0 Å². The maximum absolute atomic E-state index is 12.7. The lowest BCUT2D eigenvalue weighted by Gasteiger charge is -2.31. The van der Waals surface area contributed by atoms with Gasteiger partial charge in [-0.25, -0.2) is 4.98 Å². The van der Waals surface area contributed by atoms with Crippen molar-refractivity contribution in [3.05, 3.63) is 52.1 Å². The highest BCUT2D eigenvalue weighted by molar-refractivity contribution is 6.30. The average molecular weight is 346 g/mol. The van der Waals surface area contributed by atoms with Crippen LogP contribution in [0.1, 0.15) is 47.3 Å². The highest BCUT2D eigenvalue weighted by atomic mass is 35.5. The fraction of sp³-hybridized carbons (Fsp3) is 0.474. The molecule has 1 saturated heterocycles. The summed E-state index contributed by atoms with van der Waals surface area (Å²) in [5, 5.41) is 0.664. The number of H-pyrrole nitrogens is 1. The molecule has 1 aromatic carbocycles. The van der Waals surface area contributed by atoms with Gasteiger partial charge in [-0.3, -0.25) is 9.69 Å². The summed E-state index contributed by atoms with van der Waals surface area (Å²) in [6.45, 7) is 6.81. The molecule has 2 heterocycles. The summed E-state index contributed by atoms with van der Waals surface area (Å²) in [4.78, 5) is 23.1. The highest BCUT2D eigenvalue weighted by Crippen LogP contribution is 2.23. The Kier molecular flexibility index (Phi) is 5.36. The minimum Gasteiger partial charge on any atom is -0.346 e. The van der Waals surface area contributed by atoms with Gasteiger partial charge in [-0.1, -0.05) is 18.5 Å². The molecule has 0 radical (unpaired) electrons. The van der Waals surface area contributed by atoms with Crippen molar-refractivity contribution in [3.63, 3.8) is 0 Å². The van der Waals surface area contributed by atoms with Gasteiger partial charge in [0.05, 0.1) is 5.69 Å². The van der Waals surface area contributed by atoms with E-state index in [2.05, 4.69) is 28.7 Å². The van der Waals surface area contributed by atoms with Gasteiger partial charge in [-0.15, -0.1) is 0 Å². The number of likely N-dealkylation sites (tertiary alicyclic amines) is 1. The molecule has 3 rings (SSSR count). The highest BCUT2D eigenvalue weighted by Gasteiger charge is 2.27. The fourth-order valence-corrected chi connectivity index (χ4v) is 3.49. The summed E-state index contributed by atoms with van der Waals surface area (Å²) in [5.41, 5.74) is 3.00. The van der Waals surface area contributed by atoms with Gasteiger partial charge in [0.2, 0.25) is 0 Å². The SMILES string of the molecule is CCc1nc(CN2CCC[C@@H](C(=O)c3ccc(Cl)cc3)C2)c(C)[nH]1. The standard InChI is InChI=1S/C19H24ClN3O/c1-3-18-21-13(2)17(22-18)12-23-10-4-5-15(11-23)19(24)14-6-8-16(20)9-7-14/h6-9,15H,3-5,10-12H2,1-2H3,(H,21,22)/t15-/m1/s1. The summed E-state index contributed by atoms with van der Waals surface area (Å²) < 4.78 is 0. The molecule has 0 spiro atoms. The second kappa shape index (κ2) is 7.49. The molecule has 0 unspecified atom stereocenters. The van der Waals surface area contributed by atoms with Crippen LogP contribution in [0.4, 0.5) is 0 Å². The molecule has 0 aliphatic carbocycles. The lowest BCUT2D eigenvalue weighted by Crippen LogP contribution is -2.38. The third kappa shape index (κ3) is 3.87. The van der Waals surface area contributed by atoms with Gasteiger partial charge in [0, 0.05) is 41.7 Å². The molecule has 1 aliphatic rings. The number of piperidine rings is 1. The van der Waals surface area contributed by atoms with Crippen molar-refractivity contribution in [1.29, 1.82) is 0 Å². The van der Waals surface area contributed by atoms with E-state index in [0.29, 0.717) is 5.02 Å². The van der Waals surface area contributed by atoms with E-state index in [9.17, 15) is 4.79 Å². The van der Waals surface area contributed by atoms with Crippen molar-refractivity contribution in [2.45, 2.75) is 39.7 Å². The number of Topliss-reactive ketones (excluding diaryl/α,β-unsaturated/α-hetero) is 1. The van der Waals surface area contributed by atoms with Crippen LogP contribution in [-0.2, 0) is 13.0 Å². The van der Waals surface area contributed by atoms with Crippen LogP contribution in [0.25, 0.3) is 0 Å². The normalized spacial score (nSPS) is 18.7. The van der Waals surface area contributed by atoms with Crippen LogP contribution in [0.2, 0.25) is 5.02 Å². The maximum atomic E-state index is 12.7. The van der Waals surface area contributed by atoms with Crippen LogP contribution in [0, 0.1) is 12.8 Å². The van der Waals surface area contributed by atoms with E-state index in [-0.39, 0.29) is 11.7 Å². The van der Waals surface area contributed by atoms with Crippen LogP contribution in [0.15, 0.2) is 24.3 Å². The number of carbonyl (C=O) groups excluding carboxylic acids is 1. The molecule has 5 heteroatoms. The Morgan fingerprint density at radius 3 is 2.79 bits per heavy atom. The summed E-state index contributed by atoms with van der Waals surface area (Å²) in [7, 11) is 0. The Bertz CT molecular complexity index is 708. The number of hydrogen-bond acceptors (Lipinski definition) is 3. The van der Waals surface area contributed by atoms with Crippen molar-refractivity contribution < 1.29 is 4.79 Å². The van der Waals surface area contributed by atoms with E-state index in [4.69, 9.17) is 11.6 Å². The van der Waals surface area contributed by atoms with Crippen molar-refractivity contribution in [1.82, 2.24) is 14.9 Å². The lowest BCUT2D eigenvalue weighted by molar-refractivity contribution is 0.0810. The fourth-order valence-electron chi connectivity index (χ4n) is 3.36. The topological polar surface area (TPSA) is 49.0 Å². The molecule has 1 N–H and O–H groups in total. The molecule has 4 nitrogen and oxygen atoms in total. The van der Waals surface area contributed by atoms with Gasteiger partial charge in [0.1, 0.15) is 5.82 Å². The Morgan fingerprint density at radius 2 is 2.12 bits per heavy atom. The second-order valence-electron chi connectivity index (χ2n) is 6.55. The van der Waals surface area contributed by atoms with E-state index in [0.717, 1.165) is 61.7 Å². The number of nitrogens with zero attached hydrogens (tertiary/aromatic N) is 2. The van der Waals surface area contributed by atoms with Crippen LogP contribution in [-0.4, -0.2) is 33.7 Å². The number of ketones is 1. The summed E-state index contributed by atoms with van der Waals surface area (Å²) in [5.74, 6) is 1.32. The van der Waals surface area contributed by atoms with Crippen molar-refractivity contribution >= 4 is 17.4 Å². The quantitative estimate of drug-likeness (QED) is 0.832.